The van der Waals surface area contributed by atoms with E-state index in [9.17, 15) is 13.2 Å². The predicted octanol–water partition coefficient (Wildman–Crippen LogP) is 2.67. The monoisotopic (exact) mass is 404 g/mol. The summed E-state index contributed by atoms with van der Waals surface area (Å²) >= 11 is 0. The third-order valence-electron chi connectivity index (χ3n) is 4.42. The van der Waals surface area contributed by atoms with E-state index >= 15 is 0 Å². The minimum Gasteiger partial charge on any atom is -0.492 e. The summed E-state index contributed by atoms with van der Waals surface area (Å²) in [6, 6.07) is 11.6. The summed E-state index contributed by atoms with van der Waals surface area (Å²) in [6.07, 6.45) is 0. The van der Waals surface area contributed by atoms with Gasteiger partial charge in [0.05, 0.1) is 30.4 Å². The lowest BCUT2D eigenvalue weighted by Crippen LogP contribution is -2.40. The molecule has 7 nitrogen and oxygen atoms in total. The van der Waals surface area contributed by atoms with Gasteiger partial charge in [-0.15, -0.1) is 0 Å². The summed E-state index contributed by atoms with van der Waals surface area (Å²) in [5, 5.41) is 2.77. The quantitative estimate of drug-likeness (QED) is 0.800. The fraction of sp³-hybridized carbons (Fsp3) is 0.350. The van der Waals surface area contributed by atoms with Crippen LogP contribution in [0, 0.1) is 6.92 Å². The second-order valence-electron chi connectivity index (χ2n) is 6.43. The van der Waals surface area contributed by atoms with Crippen molar-refractivity contribution in [2.75, 3.05) is 38.2 Å². The van der Waals surface area contributed by atoms with Crippen LogP contribution in [-0.4, -0.2) is 51.5 Å². The number of carbonyl (C=O) groups is 1. The van der Waals surface area contributed by atoms with Crippen LogP contribution in [0.4, 0.5) is 5.69 Å². The van der Waals surface area contributed by atoms with Gasteiger partial charge in [0.2, 0.25) is 10.0 Å². The fourth-order valence-corrected chi connectivity index (χ4v) is 4.32. The van der Waals surface area contributed by atoms with Crippen molar-refractivity contribution in [2.45, 2.75) is 18.7 Å². The molecule has 0 unspecified atom stereocenters. The van der Waals surface area contributed by atoms with Crippen LogP contribution in [0.3, 0.4) is 0 Å². The van der Waals surface area contributed by atoms with Gasteiger partial charge in [0, 0.05) is 18.7 Å². The Morgan fingerprint density at radius 2 is 1.82 bits per heavy atom. The lowest BCUT2D eigenvalue weighted by molar-refractivity contribution is 0.0730. The second kappa shape index (κ2) is 8.72. The molecule has 0 bridgehead atoms. The zero-order valence-corrected chi connectivity index (χ0v) is 16.8. The number of hydrogen-bond acceptors (Lipinski definition) is 5. The number of morpholine rings is 1. The molecule has 0 aromatic heterocycles. The number of nitrogens with one attached hydrogen (secondary N) is 1. The van der Waals surface area contributed by atoms with Crippen molar-refractivity contribution in [3.8, 4) is 5.75 Å². The number of aryl methyl sites for hydroxylation is 1. The van der Waals surface area contributed by atoms with Gasteiger partial charge in [0.1, 0.15) is 5.75 Å². The summed E-state index contributed by atoms with van der Waals surface area (Å²) in [6.45, 7) is 5.50. The first kappa shape index (κ1) is 20.3. The molecule has 2 aromatic rings. The molecule has 8 heteroatoms. The summed E-state index contributed by atoms with van der Waals surface area (Å²) in [7, 11) is -3.68. The van der Waals surface area contributed by atoms with E-state index in [0.717, 1.165) is 5.56 Å². The van der Waals surface area contributed by atoms with Crippen molar-refractivity contribution >= 4 is 21.6 Å². The van der Waals surface area contributed by atoms with Crippen molar-refractivity contribution in [3.05, 3.63) is 53.6 Å². The molecule has 1 N–H and O–H groups in total. The van der Waals surface area contributed by atoms with Gasteiger partial charge in [-0.25, -0.2) is 8.42 Å². The molecule has 0 spiro atoms. The molecule has 3 rings (SSSR count). The Labute approximate surface area is 165 Å². The van der Waals surface area contributed by atoms with Gasteiger partial charge in [-0.2, -0.15) is 4.31 Å². The molecule has 28 heavy (non-hydrogen) atoms. The van der Waals surface area contributed by atoms with Gasteiger partial charge < -0.3 is 14.8 Å². The lowest BCUT2D eigenvalue weighted by Gasteiger charge is -2.26. The van der Waals surface area contributed by atoms with Gasteiger partial charge in [0.15, 0.2) is 0 Å². The molecule has 1 fully saturated rings. The Hall–Kier alpha value is -2.42. The highest BCUT2D eigenvalue weighted by molar-refractivity contribution is 7.89. The summed E-state index contributed by atoms with van der Waals surface area (Å²) < 4.78 is 38.0. The summed E-state index contributed by atoms with van der Waals surface area (Å²) in [5.41, 5.74) is 1.85. The van der Waals surface area contributed by atoms with E-state index in [4.69, 9.17) is 9.47 Å². The molecule has 1 heterocycles. The molecular weight excluding hydrogens is 380 g/mol. The van der Waals surface area contributed by atoms with E-state index in [2.05, 4.69) is 5.32 Å². The average molecular weight is 404 g/mol. The van der Waals surface area contributed by atoms with Crippen LogP contribution in [0.2, 0.25) is 0 Å². The number of nitrogens with zero attached hydrogens (tertiary/aromatic N) is 1. The third kappa shape index (κ3) is 4.52. The molecule has 0 aliphatic carbocycles. The predicted molar refractivity (Wildman–Crippen MR) is 106 cm³/mol. The van der Waals surface area contributed by atoms with Crippen LogP contribution >= 0.6 is 0 Å². The fourth-order valence-electron chi connectivity index (χ4n) is 2.88. The summed E-state index contributed by atoms with van der Waals surface area (Å²) in [4.78, 5) is 12.7. The van der Waals surface area contributed by atoms with Crippen LogP contribution in [0.25, 0.3) is 0 Å². The Bertz CT molecular complexity index is 936. The highest BCUT2D eigenvalue weighted by Crippen LogP contribution is 2.30. The number of rotatable bonds is 6. The van der Waals surface area contributed by atoms with E-state index in [0.29, 0.717) is 49.9 Å². The van der Waals surface area contributed by atoms with E-state index in [1.807, 2.05) is 26.0 Å². The number of anilines is 1. The molecule has 0 radical (unpaired) electrons. The maximum Gasteiger partial charge on any atom is 0.255 e. The zero-order valence-electron chi connectivity index (χ0n) is 16.0. The van der Waals surface area contributed by atoms with Crippen molar-refractivity contribution < 1.29 is 22.7 Å². The molecule has 150 valence electrons. The van der Waals surface area contributed by atoms with Gasteiger partial charge in [-0.3, -0.25) is 4.79 Å². The lowest BCUT2D eigenvalue weighted by atomic mass is 10.1. The van der Waals surface area contributed by atoms with Gasteiger partial charge in [-0.1, -0.05) is 17.7 Å². The smallest absolute Gasteiger partial charge is 0.255 e. The number of benzene rings is 2. The van der Waals surface area contributed by atoms with Crippen molar-refractivity contribution in [1.82, 2.24) is 4.31 Å². The average Bonchev–Trinajstić information content (AvgIpc) is 2.70. The normalized spacial score (nSPS) is 15.2. The first-order valence-electron chi connectivity index (χ1n) is 9.14. The van der Waals surface area contributed by atoms with Crippen molar-refractivity contribution in [1.29, 1.82) is 0 Å². The minimum atomic E-state index is -3.68. The van der Waals surface area contributed by atoms with Gasteiger partial charge >= 0.3 is 0 Å². The highest BCUT2D eigenvalue weighted by Gasteiger charge is 2.27. The maximum absolute atomic E-state index is 12.9. The molecule has 1 aliphatic heterocycles. The number of sulfonamides is 1. The highest BCUT2D eigenvalue weighted by atomic mass is 32.2. The minimum absolute atomic E-state index is 0.108. The van der Waals surface area contributed by atoms with Crippen LogP contribution < -0.4 is 10.1 Å². The van der Waals surface area contributed by atoms with Gasteiger partial charge in [0.25, 0.3) is 5.91 Å². The molecule has 1 aliphatic rings. The topological polar surface area (TPSA) is 84.9 Å². The third-order valence-corrected chi connectivity index (χ3v) is 6.32. The van der Waals surface area contributed by atoms with E-state index in [1.54, 1.807) is 18.2 Å². The summed E-state index contributed by atoms with van der Waals surface area (Å²) in [5.74, 6) is 0.0887. The second-order valence-corrected chi connectivity index (χ2v) is 8.37. The standard InChI is InChI=1S/C20H24N2O5S/c1-3-27-19-9-8-17(28(24,25)22-10-12-26-13-11-22)14-18(19)21-20(23)16-6-4-15(2)5-7-16/h4-9,14H,3,10-13H2,1-2H3,(H,21,23). The Morgan fingerprint density at radius 1 is 1.14 bits per heavy atom. The zero-order chi connectivity index (χ0) is 20.1. The Morgan fingerprint density at radius 3 is 2.46 bits per heavy atom. The first-order valence-corrected chi connectivity index (χ1v) is 10.6. The number of amides is 1. The first-order chi connectivity index (χ1) is 13.4. The Kier molecular flexibility index (Phi) is 6.33. The van der Waals surface area contributed by atoms with Crippen LogP contribution in [0.15, 0.2) is 47.4 Å². The van der Waals surface area contributed by atoms with Crippen LogP contribution in [-0.2, 0) is 14.8 Å². The van der Waals surface area contributed by atoms with E-state index in [-0.39, 0.29) is 10.8 Å². The van der Waals surface area contributed by atoms with Crippen molar-refractivity contribution in [3.63, 3.8) is 0 Å². The van der Waals surface area contributed by atoms with Crippen LogP contribution in [0.5, 0.6) is 5.75 Å². The molecule has 1 amide bonds. The number of carbonyl (C=O) groups excluding carboxylic acids is 1. The Balaban J connectivity index is 1.91. The largest absolute Gasteiger partial charge is 0.492 e. The maximum atomic E-state index is 12.9. The number of ether oxygens (including phenoxy) is 2. The number of hydrogen-bond donors (Lipinski definition) is 1. The molecule has 0 atom stereocenters. The van der Waals surface area contributed by atoms with Crippen molar-refractivity contribution in [2.24, 2.45) is 0 Å². The van der Waals surface area contributed by atoms with Crippen LogP contribution in [0.1, 0.15) is 22.8 Å². The van der Waals surface area contributed by atoms with E-state index in [1.165, 1.54) is 16.4 Å². The van der Waals surface area contributed by atoms with Gasteiger partial charge in [-0.05, 0) is 44.2 Å². The molecule has 0 saturated carbocycles. The molecular formula is C20H24N2O5S. The SMILES string of the molecule is CCOc1ccc(S(=O)(=O)N2CCOCC2)cc1NC(=O)c1ccc(C)cc1. The molecule has 2 aromatic carbocycles. The molecule has 1 saturated heterocycles. The van der Waals surface area contributed by atoms with E-state index < -0.39 is 10.0 Å².